The molecular formula is C46H86O4. The lowest BCUT2D eigenvalue weighted by molar-refractivity contribution is -0.0334. The molecule has 0 N–H and O–H groups in total. The van der Waals surface area contributed by atoms with Crippen LogP contribution < -0.4 is 0 Å². The fraction of sp³-hybridized carbons (Fsp3) is 0.826. The van der Waals surface area contributed by atoms with Gasteiger partial charge in [-0.1, -0.05) is 140 Å². The molecule has 50 heavy (non-hydrogen) atoms. The van der Waals surface area contributed by atoms with E-state index in [9.17, 15) is 0 Å². The molecule has 4 nitrogen and oxygen atoms in total. The number of rotatable bonds is 41. The fourth-order valence-electron chi connectivity index (χ4n) is 6.25. The summed E-state index contributed by atoms with van der Waals surface area (Å²) >= 11 is 0. The molecule has 0 amide bonds. The molecular weight excluding hydrogens is 617 g/mol. The first kappa shape index (κ1) is 48.8. The van der Waals surface area contributed by atoms with Gasteiger partial charge in [-0.3, -0.25) is 0 Å². The molecule has 1 atom stereocenters. The highest BCUT2D eigenvalue weighted by molar-refractivity contribution is 4.93. The van der Waals surface area contributed by atoms with E-state index in [1.807, 2.05) is 0 Å². The third-order valence-electron chi connectivity index (χ3n) is 9.55. The summed E-state index contributed by atoms with van der Waals surface area (Å²) in [6.45, 7) is 8.51. The Morgan fingerprint density at radius 2 is 0.820 bits per heavy atom. The van der Waals surface area contributed by atoms with Crippen LogP contribution in [0.2, 0.25) is 0 Å². The van der Waals surface area contributed by atoms with Gasteiger partial charge in [0.15, 0.2) is 0 Å². The standard InChI is InChI=1S/C46H86O4/c1-5-7-9-11-13-15-17-19-21-23-25-27-29-31-33-35-39-49-44-46(43-45(37-41-47-3)38-42-48-4)50-40-36-34-32-30-28-26-24-22-20-18-16-14-12-10-8-6-2/h13-16,19-22,45-46H,5-12,17-18,23-44H2,1-4H3/b15-13-,16-14-,21-19-,22-20-. The molecule has 0 rings (SSSR count). The van der Waals surface area contributed by atoms with Crippen molar-refractivity contribution >= 4 is 0 Å². The Morgan fingerprint density at radius 3 is 1.26 bits per heavy atom. The van der Waals surface area contributed by atoms with E-state index in [1.54, 1.807) is 14.2 Å². The van der Waals surface area contributed by atoms with Crippen LogP contribution >= 0.6 is 0 Å². The zero-order valence-electron chi connectivity index (χ0n) is 34.0. The number of ether oxygens (including phenoxy) is 4. The van der Waals surface area contributed by atoms with Gasteiger partial charge in [0.2, 0.25) is 0 Å². The van der Waals surface area contributed by atoms with Crippen LogP contribution in [0.25, 0.3) is 0 Å². The summed E-state index contributed by atoms with van der Waals surface area (Å²) in [5, 5.41) is 0. The quantitative estimate of drug-likeness (QED) is 0.0469. The first-order valence-electron chi connectivity index (χ1n) is 21.6. The minimum Gasteiger partial charge on any atom is -0.385 e. The van der Waals surface area contributed by atoms with Crippen molar-refractivity contribution in [2.24, 2.45) is 5.92 Å². The second kappa shape index (κ2) is 44.0. The number of hydrogen-bond donors (Lipinski definition) is 0. The molecule has 0 heterocycles. The summed E-state index contributed by atoms with van der Waals surface area (Å²) in [6, 6.07) is 0. The summed E-state index contributed by atoms with van der Waals surface area (Å²) in [5.41, 5.74) is 0. The largest absolute Gasteiger partial charge is 0.385 e. The van der Waals surface area contributed by atoms with Crippen molar-refractivity contribution in [2.45, 2.75) is 193 Å². The Bertz CT molecular complexity index is 734. The van der Waals surface area contributed by atoms with Crippen molar-refractivity contribution in [3.8, 4) is 0 Å². The lowest BCUT2D eigenvalue weighted by Gasteiger charge is -2.24. The predicted molar refractivity (Wildman–Crippen MR) is 220 cm³/mol. The highest BCUT2D eigenvalue weighted by Crippen LogP contribution is 2.20. The van der Waals surface area contributed by atoms with Gasteiger partial charge in [-0.2, -0.15) is 0 Å². The van der Waals surface area contributed by atoms with Crippen LogP contribution in [0, 0.1) is 5.92 Å². The van der Waals surface area contributed by atoms with E-state index in [0.717, 1.165) is 71.4 Å². The molecule has 0 radical (unpaired) electrons. The topological polar surface area (TPSA) is 36.9 Å². The first-order chi connectivity index (χ1) is 24.8. The van der Waals surface area contributed by atoms with E-state index in [1.165, 1.54) is 128 Å². The Labute approximate surface area is 313 Å². The van der Waals surface area contributed by atoms with E-state index < -0.39 is 0 Å². The van der Waals surface area contributed by atoms with Crippen LogP contribution in [-0.4, -0.2) is 53.4 Å². The van der Waals surface area contributed by atoms with Crippen molar-refractivity contribution in [1.82, 2.24) is 0 Å². The Hall–Kier alpha value is -1.20. The monoisotopic (exact) mass is 703 g/mol. The van der Waals surface area contributed by atoms with Crippen molar-refractivity contribution in [2.75, 3.05) is 47.3 Å². The second-order valence-corrected chi connectivity index (χ2v) is 14.4. The molecule has 294 valence electrons. The van der Waals surface area contributed by atoms with Gasteiger partial charge in [0.25, 0.3) is 0 Å². The Balaban J connectivity index is 4.09. The molecule has 0 spiro atoms. The molecule has 0 aliphatic carbocycles. The number of hydrogen-bond acceptors (Lipinski definition) is 4. The zero-order valence-corrected chi connectivity index (χ0v) is 34.0. The summed E-state index contributed by atoms with van der Waals surface area (Å²) in [6.07, 6.45) is 52.6. The fourth-order valence-corrected chi connectivity index (χ4v) is 6.25. The second-order valence-electron chi connectivity index (χ2n) is 14.4. The van der Waals surface area contributed by atoms with E-state index in [4.69, 9.17) is 18.9 Å². The first-order valence-corrected chi connectivity index (χ1v) is 21.6. The third kappa shape index (κ3) is 39.6. The van der Waals surface area contributed by atoms with Gasteiger partial charge >= 0.3 is 0 Å². The average Bonchev–Trinajstić information content (AvgIpc) is 3.13. The van der Waals surface area contributed by atoms with Gasteiger partial charge in [0.1, 0.15) is 0 Å². The minimum atomic E-state index is 0.163. The molecule has 0 aliphatic rings. The lowest BCUT2D eigenvalue weighted by atomic mass is 9.95. The molecule has 0 fully saturated rings. The maximum atomic E-state index is 6.45. The van der Waals surface area contributed by atoms with Gasteiger partial charge in [-0.15, -0.1) is 0 Å². The summed E-state index contributed by atoms with van der Waals surface area (Å²) in [4.78, 5) is 0. The molecule has 0 aromatic heterocycles. The van der Waals surface area contributed by atoms with Crippen LogP contribution in [0.4, 0.5) is 0 Å². The molecule has 0 saturated heterocycles. The van der Waals surface area contributed by atoms with Gasteiger partial charge in [-0.25, -0.2) is 0 Å². The SMILES string of the molecule is CCCCC/C=C\C/C=C\CCCCCCCCOCC(CC(CCOC)CCOC)OCCCCCCCC/C=C\C/C=C\CCCCC. The minimum absolute atomic E-state index is 0.163. The van der Waals surface area contributed by atoms with Crippen LogP contribution in [0.5, 0.6) is 0 Å². The van der Waals surface area contributed by atoms with Crippen LogP contribution in [0.1, 0.15) is 187 Å². The smallest absolute Gasteiger partial charge is 0.0811 e. The third-order valence-corrected chi connectivity index (χ3v) is 9.55. The van der Waals surface area contributed by atoms with E-state index in [0.29, 0.717) is 12.5 Å². The molecule has 0 saturated carbocycles. The number of unbranched alkanes of at least 4 members (excludes halogenated alkanes) is 18. The molecule has 4 heteroatoms. The Kier molecular flexibility index (Phi) is 42.9. The summed E-state index contributed by atoms with van der Waals surface area (Å²) in [5.74, 6) is 0.543. The van der Waals surface area contributed by atoms with Crippen molar-refractivity contribution in [3.63, 3.8) is 0 Å². The van der Waals surface area contributed by atoms with Gasteiger partial charge in [0.05, 0.1) is 12.7 Å². The molecule has 0 aromatic carbocycles. The highest BCUT2D eigenvalue weighted by atomic mass is 16.5. The van der Waals surface area contributed by atoms with Crippen LogP contribution in [0.15, 0.2) is 48.6 Å². The summed E-state index contributed by atoms with van der Waals surface area (Å²) in [7, 11) is 3.59. The molecule has 0 aromatic rings. The molecule has 1 unspecified atom stereocenters. The van der Waals surface area contributed by atoms with Crippen LogP contribution in [-0.2, 0) is 18.9 Å². The molecule has 0 aliphatic heterocycles. The molecule has 0 bridgehead atoms. The lowest BCUT2D eigenvalue weighted by Crippen LogP contribution is -2.25. The maximum absolute atomic E-state index is 6.45. The number of methoxy groups -OCH3 is 2. The highest BCUT2D eigenvalue weighted by Gasteiger charge is 2.18. The van der Waals surface area contributed by atoms with Crippen molar-refractivity contribution in [3.05, 3.63) is 48.6 Å². The summed E-state index contributed by atoms with van der Waals surface area (Å²) < 4.78 is 23.5. The Morgan fingerprint density at radius 1 is 0.420 bits per heavy atom. The zero-order chi connectivity index (χ0) is 36.3. The number of allylic oxidation sites excluding steroid dienone is 8. The van der Waals surface area contributed by atoms with Gasteiger partial charge in [-0.05, 0) is 102 Å². The van der Waals surface area contributed by atoms with Crippen molar-refractivity contribution < 1.29 is 18.9 Å². The van der Waals surface area contributed by atoms with Gasteiger partial charge in [0, 0.05) is 40.6 Å². The van der Waals surface area contributed by atoms with Gasteiger partial charge < -0.3 is 18.9 Å². The van der Waals surface area contributed by atoms with E-state index >= 15 is 0 Å². The van der Waals surface area contributed by atoms with Crippen LogP contribution in [0.3, 0.4) is 0 Å². The maximum Gasteiger partial charge on any atom is 0.0811 e. The van der Waals surface area contributed by atoms with E-state index in [-0.39, 0.29) is 6.10 Å². The normalized spacial score (nSPS) is 13.1. The predicted octanol–water partition coefficient (Wildman–Crippen LogP) is 14.1. The average molecular weight is 703 g/mol. The van der Waals surface area contributed by atoms with E-state index in [2.05, 4.69) is 62.5 Å². The van der Waals surface area contributed by atoms with Crippen molar-refractivity contribution in [1.29, 1.82) is 0 Å².